The minimum atomic E-state index is 0.720. The monoisotopic (exact) mass is 235 g/mol. The zero-order valence-corrected chi connectivity index (χ0v) is 8.84. The Morgan fingerprint density at radius 3 is 2.92 bits per heavy atom. The van der Waals surface area contributed by atoms with Gasteiger partial charge in [-0.05, 0) is 35.0 Å². The van der Waals surface area contributed by atoms with E-state index in [1.54, 1.807) is 0 Å². The molecule has 0 spiro atoms. The fourth-order valence-corrected chi connectivity index (χ4v) is 1.27. The highest BCUT2D eigenvalue weighted by Crippen LogP contribution is 2.13. The first-order valence-electron chi connectivity index (χ1n) is 4.04. The van der Waals surface area contributed by atoms with Crippen LogP contribution < -0.4 is 0 Å². The van der Waals surface area contributed by atoms with Gasteiger partial charge in [0.15, 0.2) is 0 Å². The number of benzene rings is 1. The molecule has 0 fully saturated rings. The minimum Gasteiger partial charge on any atom is -0.192 e. The van der Waals surface area contributed by atoms with Gasteiger partial charge in [0.1, 0.15) is 0 Å². The molecule has 0 bridgehead atoms. The number of rotatable bonds is 3. The van der Waals surface area contributed by atoms with E-state index in [4.69, 9.17) is 5.26 Å². The molecule has 0 aliphatic rings. The van der Waals surface area contributed by atoms with Crippen molar-refractivity contribution < 1.29 is 0 Å². The van der Waals surface area contributed by atoms with E-state index < -0.39 is 0 Å². The summed E-state index contributed by atoms with van der Waals surface area (Å²) in [5, 5.41) is 8.66. The summed E-state index contributed by atoms with van der Waals surface area (Å²) in [6, 6.07) is 9.78. The molecule has 0 aliphatic carbocycles. The van der Waals surface area contributed by atoms with E-state index in [1.807, 2.05) is 24.3 Å². The first-order valence-corrected chi connectivity index (χ1v) is 4.84. The average Bonchev–Trinajstić information content (AvgIpc) is 2.15. The maximum Gasteiger partial charge on any atom is 0.0991 e. The first-order chi connectivity index (χ1) is 6.22. The number of nitriles is 1. The van der Waals surface area contributed by atoms with Crippen LogP contribution in [-0.4, -0.2) is 0 Å². The van der Waals surface area contributed by atoms with Crippen molar-refractivity contribution in [3.05, 3.63) is 46.5 Å². The van der Waals surface area contributed by atoms with Crippen LogP contribution in [-0.2, 0) is 6.42 Å². The maximum atomic E-state index is 8.66. The summed E-state index contributed by atoms with van der Waals surface area (Å²) in [6.45, 7) is 3.76. The molecule has 0 heterocycles. The molecule has 13 heavy (non-hydrogen) atoms. The Bertz CT molecular complexity index is 349. The molecule has 0 N–H and O–H groups in total. The molecular formula is C11H10BrN. The van der Waals surface area contributed by atoms with Crippen LogP contribution in [0.4, 0.5) is 0 Å². The minimum absolute atomic E-state index is 0.720. The summed E-state index contributed by atoms with van der Waals surface area (Å²) in [4.78, 5) is 0. The van der Waals surface area contributed by atoms with E-state index in [0.29, 0.717) is 0 Å². The van der Waals surface area contributed by atoms with E-state index >= 15 is 0 Å². The van der Waals surface area contributed by atoms with Crippen LogP contribution >= 0.6 is 15.9 Å². The first kappa shape index (κ1) is 10.0. The van der Waals surface area contributed by atoms with Gasteiger partial charge in [0, 0.05) is 0 Å². The van der Waals surface area contributed by atoms with Crippen molar-refractivity contribution in [2.24, 2.45) is 0 Å². The molecule has 0 atom stereocenters. The largest absolute Gasteiger partial charge is 0.192 e. The maximum absolute atomic E-state index is 8.66. The van der Waals surface area contributed by atoms with Crippen LogP contribution in [0.15, 0.2) is 35.3 Å². The summed E-state index contributed by atoms with van der Waals surface area (Å²) < 4.78 is 0.995. The highest BCUT2D eigenvalue weighted by Gasteiger charge is 1.95. The molecular weight excluding hydrogens is 226 g/mol. The summed E-state index contributed by atoms with van der Waals surface area (Å²) in [7, 11) is 0. The Balaban J connectivity index is 2.68. The van der Waals surface area contributed by atoms with Gasteiger partial charge in [-0.3, -0.25) is 0 Å². The van der Waals surface area contributed by atoms with Gasteiger partial charge in [0.25, 0.3) is 0 Å². The highest BCUT2D eigenvalue weighted by molar-refractivity contribution is 9.11. The van der Waals surface area contributed by atoms with E-state index in [2.05, 4.69) is 28.6 Å². The van der Waals surface area contributed by atoms with Crippen molar-refractivity contribution in [2.45, 2.75) is 12.8 Å². The molecule has 1 aromatic carbocycles. The Hall–Kier alpha value is -1.07. The van der Waals surface area contributed by atoms with Gasteiger partial charge in [-0.15, -0.1) is 0 Å². The van der Waals surface area contributed by atoms with Crippen LogP contribution in [0.25, 0.3) is 0 Å². The third-order valence-electron chi connectivity index (χ3n) is 1.74. The van der Waals surface area contributed by atoms with Gasteiger partial charge in [-0.25, -0.2) is 0 Å². The van der Waals surface area contributed by atoms with Crippen molar-refractivity contribution in [1.82, 2.24) is 0 Å². The molecule has 66 valence electrons. The predicted molar refractivity (Wildman–Crippen MR) is 57.5 cm³/mol. The Morgan fingerprint density at radius 2 is 2.31 bits per heavy atom. The molecule has 0 radical (unpaired) electrons. The fraction of sp³-hybridized carbons (Fsp3) is 0.182. The zero-order chi connectivity index (χ0) is 9.68. The van der Waals surface area contributed by atoms with Gasteiger partial charge in [-0.2, -0.15) is 5.26 Å². The van der Waals surface area contributed by atoms with E-state index in [0.717, 1.165) is 22.9 Å². The lowest BCUT2D eigenvalue weighted by Gasteiger charge is -1.99. The summed E-state index contributed by atoms with van der Waals surface area (Å²) in [5.74, 6) is 0. The Morgan fingerprint density at radius 1 is 1.54 bits per heavy atom. The van der Waals surface area contributed by atoms with E-state index in [9.17, 15) is 0 Å². The molecule has 2 heteroatoms. The average molecular weight is 236 g/mol. The van der Waals surface area contributed by atoms with Crippen molar-refractivity contribution in [1.29, 1.82) is 5.26 Å². The number of nitrogens with zero attached hydrogens (tertiary/aromatic N) is 1. The smallest absolute Gasteiger partial charge is 0.0991 e. The lowest BCUT2D eigenvalue weighted by Crippen LogP contribution is -1.85. The third kappa shape index (κ3) is 3.43. The van der Waals surface area contributed by atoms with Crippen LogP contribution in [0.1, 0.15) is 17.5 Å². The predicted octanol–water partition coefficient (Wildman–Crippen LogP) is 3.40. The second kappa shape index (κ2) is 4.84. The lowest BCUT2D eigenvalue weighted by atomic mass is 10.1. The Kier molecular flexibility index (Phi) is 3.72. The van der Waals surface area contributed by atoms with Crippen LogP contribution in [0.3, 0.4) is 0 Å². The summed E-state index contributed by atoms with van der Waals surface area (Å²) in [5.41, 5.74) is 1.90. The van der Waals surface area contributed by atoms with Crippen molar-refractivity contribution in [3.63, 3.8) is 0 Å². The normalized spacial score (nSPS) is 9.23. The molecule has 0 saturated heterocycles. The van der Waals surface area contributed by atoms with Crippen LogP contribution in [0.2, 0.25) is 0 Å². The van der Waals surface area contributed by atoms with Gasteiger partial charge in [0.2, 0.25) is 0 Å². The van der Waals surface area contributed by atoms with E-state index in [-0.39, 0.29) is 0 Å². The topological polar surface area (TPSA) is 23.8 Å². The molecule has 0 aromatic heterocycles. The second-order valence-corrected chi connectivity index (χ2v) is 3.95. The number of allylic oxidation sites excluding steroid dienone is 1. The zero-order valence-electron chi connectivity index (χ0n) is 7.26. The van der Waals surface area contributed by atoms with Crippen LogP contribution in [0, 0.1) is 11.3 Å². The Labute approximate surface area is 86.8 Å². The van der Waals surface area contributed by atoms with Crippen LogP contribution in [0.5, 0.6) is 0 Å². The summed E-state index contributed by atoms with van der Waals surface area (Å²) >= 11 is 3.31. The van der Waals surface area contributed by atoms with E-state index in [1.165, 1.54) is 5.56 Å². The quantitative estimate of drug-likeness (QED) is 0.788. The molecule has 0 unspecified atom stereocenters. The van der Waals surface area contributed by atoms with Gasteiger partial charge >= 0.3 is 0 Å². The summed E-state index contributed by atoms with van der Waals surface area (Å²) in [6.07, 6.45) is 1.84. The van der Waals surface area contributed by atoms with Gasteiger partial charge < -0.3 is 0 Å². The molecule has 0 aliphatic heterocycles. The number of hydrogen-bond acceptors (Lipinski definition) is 1. The number of halogens is 1. The molecule has 0 amide bonds. The lowest BCUT2D eigenvalue weighted by molar-refractivity contribution is 0.994. The highest BCUT2D eigenvalue weighted by atomic mass is 79.9. The molecule has 1 aromatic rings. The van der Waals surface area contributed by atoms with Gasteiger partial charge in [0.05, 0.1) is 11.6 Å². The molecule has 0 saturated carbocycles. The molecule has 1 rings (SSSR count). The SMILES string of the molecule is C=C(Br)CCc1cccc(C#N)c1. The third-order valence-corrected chi connectivity index (χ3v) is 2.14. The standard InChI is InChI=1S/C11H10BrN/c1-9(12)5-6-10-3-2-4-11(7-10)8-13/h2-4,7H,1,5-6H2. The van der Waals surface area contributed by atoms with Crippen molar-refractivity contribution in [2.75, 3.05) is 0 Å². The van der Waals surface area contributed by atoms with Crippen molar-refractivity contribution in [3.8, 4) is 6.07 Å². The number of aryl methyl sites for hydroxylation is 1. The van der Waals surface area contributed by atoms with Crippen molar-refractivity contribution >= 4 is 15.9 Å². The number of hydrogen-bond donors (Lipinski definition) is 0. The second-order valence-electron chi connectivity index (χ2n) is 2.83. The van der Waals surface area contributed by atoms with Gasteiger partial charge in [-0.1, -0.05) is 34.6 Å². The molecule has 1 nitrogen and oxygen atoms in total. The fourth-order valence-electron chi connectivity index (χ4n) is 1.08.